The van der Waals surface area contributed by atoms with Gasteiger partial charge in [0.1, 0.15) is 4.21 Å². The van der Waals surface area contributed by atoms with E-state index in [1.54, 1.807) is 12.1 Å². The lowest BCUT2D eigenvalue weighted by molar-refractivity contribution is 0.204. The maximum Gasteiger partial charge on any atom is 0.250 e. The van der Waals surface area contributed by atoms with E-state index in [9.17, 15) is 8.42 Å². The normalized spacial score (nSPS) is 11.9. The van der Waals surface area contributed by atoms with Gasteiger partial charge in [0.25, 0.3) is 0 Å². The summed E-state index contributed by atoms with van der Waals surface area (Å²) in [6.45, 7) is 0.625. The van der Waals surface area contributed by atoms with Crippen LogP contribution in [-0.4, -0.2) is 28.7 Å². The van der Waals surface area contributed by atoms with Crippen LogP contribution in [0.1, 0.15) is 4.88 Å². The zero-order chi connectivity index (χ0) is 11.3. The number of nitrogens with one attached hydrogen (secondary N) is 1. The van der Waals surface area contributed by atoms with Crippen molar-refractivity contribution in [3.05, 3.63) is 17.0 Å². The first-order chi connectivity index (χ1) is 7.10. The maximum absolute atomic E-state index is 11.6. The number of halogens is 1. The van der Waals surface area contributed by atoms with Crippen LogP contribution < -0.4 is 4.72 Å². The van der Waals surface area contributed by atoms with E-state index in [2.05, 4.69) is 4.72 Å². The molecule has 0 radical (unpaired) electrons. The van der Waals surface area contributed by atoms with Crippen LogP contribution in [0, 0.1) is 0 Å². The van der Waals surface area contributed by atoms with Crippen LogP contribution in [0.2, 0.25) is 0 Å². The van der Waals surface area contributed by atoms with E-state index in [0.29, 0.717) is 12.5 Å². The highest BCUT2D eigenvalue weighted by atomic mass is 35.5. The van der Waals surface area contributed by atoms with Crippen molar-refractivity contribution in [2.24, 2.45) is 0 Å². The molecule has 7 heteroatoms. The average Bonchev–Trinajstić information content (AvgIpc) is 2.66. The Kier molecular flexibility index (Phi) is 5.01. The van der Waals surface area contributed by atoms with E-state index in [4.69, 9.17) is 16.3 Å². The molecular weight excluding hydrogens is 258 g/mol. The summed E-state index contributed by atoms with van der Waals surface area (Å²) in [7, 11) is -1.87. The fraction of sp³-hybridized carbons (Fsp3) is 0.500. The van der Waals surface area contributed by atoms with E-state index in [1.165, 1.54) is 18.4 Å². The van der Waals surface area contributed by atoms with Crippen molar-refractivity contribution >= 4 is 33.0 Å². The van der Waals surface area contributed by atoms with Gasteiger partial charge < -0.3 is 4.74 Å². The molecule has 0 fully saturated rings. The number of methoxy groups -OCH3 is 1. The van der Waals surface area contributed by atoms with Crippen molar-refractivity contribution in [2.75, 3.05) is 20.3 Å². The van der Waals surface area contributed by atoms with Gasteiger partial charge in [0.2, 0.25) is 10.0 Å². The Morgan fingerprint density at radius 2 is 2.27 bits per heavy atom. The van der Waals surface area contributed by atoms with Gasteiger partial charge in [0.15, 0.2) is 0 Å². The summed E-state index contributed by atoms with van der Waals surface area (Å²) in [4.78, 5) is 0.837. The number of alkyl halides is 1. The fourth-order valence-electron chi connectivity index (χ4n) is 0.924. The first-order valence-electron chi connectivity index (χ1n) is 4.23. The van der Waals surface area contributed by atoms with Gasteiger partial charge in [-0.2, -0.15) is 0 Å². The molecule has 4 nitrogen and oxygen atoms in total. The summed E-state index contributed by atoms with van der Waals surface area (Å²) in [5, 5.41) is 0. The molecule has 0 saturated carbocycles. The fourth-order valence-corrected chi connectivity index (χ4v) is 3.44. The van der Waals surface area contributed by atoms with Crippen molar-refractivity contribution < 1.29 is 13.2 Å². The van der Waals surface area contributed by atoms with Crippen LogP contribution in [0.15, 0.2) is 16.3 Å². The van der Waals surface area contributed by atoms with E-state index < -0.39 is 10.0 Å². The Balaban J connectivity index is 2.68. The summed E-state index contributed by atoms with van der Waals surface area (Å²) in [5.74, 6) is 0.332. The molecule has 0 unspecified atom stereocenters. The van der Waals surface area contributed by atoms with Gasteiger partial charge in [-0.05, 0) is 12.1 Å². The first-order valence-corrected chi connectivity index (χ1v) is 7.07. The quantitative estimate of drug-likeness (QED) is 0.628. The number of hydrogen-bond acceptors (Lipinski definition) is 4. The summed E-state index contributed by atoms with van der Waals surface area (Å²) in [6.07, 6.45) is 0. The van der Waals surface area contributed by atoms with Crippen molar-refractivity contribution in [1.29, 1.82) is 0 Å². The van der Waals surface area contributed by atoms with Crippen LogP contribution in [-0.2, 0) is 20.6 Å². The van der Waals surface area contributed by atoms with Crippen LogP contribution in [0.4, 0.5) is 0 Å². The Morgan fingerprint density at radius 3 is 2.80 bits per heavy atom. The van der Waals surface area contributed by atoms with Gasteiger partial charge in [0.05, 0.1) is 12.5 Å². The molecule has 15 heavy (non-hydrogen) atoms. The molecule has 0 atom stereocenters. The first kappa shape index (κ1) is 12.9. The predicted molar refractivity (Wildman–Crippen MR) is 60.9 cm³/mol. The lowest BCUT2D eigenvalue weighted by atomic mass is 10.5. The summed E-state index contributed by atoms with van der Waals surface area (Å²) < 4.78 is 30.7. The Bertz CT molecular complexity index is 402. The minimum atomic E-state index is -3.39. The lowest BCUT2D eigenvalue weighted by Gasteiger charge is -2.02. The molecule has 0 saturated heterocycles. The molecule has 0 amide bonds. The minimum absolute atomic E-state index is 0.271. The molecule has 0 spiro atoms. The number of rotatable bonds is 6. The molecule has 1 rings (SSSR count). The second-order valence-electron chi connectivity index (χ2n) is 2.74. The lowest BCUT2D eigenvalue weighted by Crippen LogP contribution is -2.26. The summed E-state index contributed by atoms with van der Waals surface area (Å²) in [6, 6.07) is 3.26. The van der Waals surface area contributed by atoms with Gasteiger partial charge in [0, 0.05) is 18.5 Å². The minimum Gasteiger partial charge on any atom is -0.383 e. The molecule has 0 aliphatic rings. The Labute approximate surface area is 98.3 Å². The third-order valence-corrected chi connectivity index (χ3v) is 5.12. The summed E-state index contributed by atoms with van der Waals surface area (Å²) in [5.41, 5.74) is 0. The smallest absolute Gasteiger partial charge is 0.250 e. The number of sulfonamides is 1. The van der Waals surface area contributed by atoms with Crippen LogP contribution in [0.5, 0.6) is 0 Å². The molecule has 0 aliphatic carbocycles. The van der Waals surface area contributed by atoms with Gasteiger partial charge in [-0.3, -0.25) is 0 Å². The standard InChI is InChI=1S/C8H12ClNO3S2/c1-13-5-4-10-15(11,12)8-3-2-7(6-9)14-8/h2-3,10H,4-6H2,1H3. The zero-order valence-electron chi connectivity index (χ0n) is 8.20. The van der Waals surface area contributed by atoms with Crippen molar-refractivity contribution in [3.8, 4) is 0 Å². The second kappa shape index (κ2) is 5.81. The predicted octanol–water partition coefficient (Wildman–Crippen LogP) is 1.41. The van der Waals surface area contributed by atoms with Crippen molar-refractivity contribution in [2.45, 2.75) is 10.1 Å². The molecule has 1 aromatic rings. The highest BCUT2D eigenvalue weighted by molar-refractivity contribution is 7.91. The molecule has 1 N–H and O–H groups in total. The van der Waals surface area contributed by atoms with E-state index in [0.717, 1.165) is 4.88 Å². The van der Waals surface area contributed by atoms with Crippen molar-refractivity contribution in [3.63, 3.8) is 0 Å². The van der Waals surface area contributed by atoms with Crippen LogP contribution >= 0.6 is 22.9 Å². The maximum atomic E-state index is 11.6. The molecule has 0 aliphatic heterocycles. The SMILES string of the molecule is COCCNS(=O)(=O)c1ccc(CCl)s1. The van der Waals surface area contributed by atoms with Gasteiger partial charge in [-0.25, -0.2) is 13.1 Å². The number of thiophene rings is 1. The largest absolute Gasteiger partial charge is 0.383 e. The Hall–Kier alpha value is -0.140. The average molecular weight is 270 g/mol. The zero-order valence-corrected chi connectivity index (χ0v) is 10.6. The molecule has 0 aromatic carbocycles. The summed E-state index contributed by atoms with van der Waals surface area (Å²) >= 11 is 6.77. The highest BCUT2D eigenvalue weighted by Gasteiger charge is 2.15. The van der Waals surface area contributed by atoms with Gasteiger partial charge in [-0.1, -0.05) is 0 Å². The third kappa shape index (κ3) is 3.73. The second-order valence-corrected chi connectivity index (χ2v) is 6.17. The molecule has 1 aromatic heterocycles. The number of hydrogen-bond donors (Lipinski definition) is 1. The molecule has 0 bridgehead atoms. The van der Waals surface area contributed by atoms with E-state index in [-0.39, 0.29) is 10.8 Å². The molecule has 86 valence electrons. The van der Waals surface area contributed by atoms with Gasteiger partial charge in [-0.15, -0.1) is 22.9 Å². The van der Waals surface area contributed by atoms with Crippen LogP contribution in [0.25, 0.3) is 0 Å². The molecular formula is C8H12ClNO3S2. The van der Waals surface area contributed by atoms with E-state index in [1.807, 2.05) is 0 Å². The topological polar surface area (TPSA) is 55.4 Å². The monoisotopic (exact) mass is 269 g/mol. The van der Waals surface area contributed by atoms with Crippen molar-refractivity contribution in [1.82, 2.24) is 4.72 Å². The number of ether oxygens (including phenoxy) is 1. The Morgan fingerprint density at radius 1 is 1.53 bits per heavy atom. The van der Waals surface area contributed by atoms with Crippen LogP contribution in [0.3, 0.4) is 0 Å². The molecule has 1 heterocycles. The highest BCUT2D eigenvalue weighted by Crippen LogP contribution is 2.22. The third-order valence-electron chi connectivity index (χ3n) is 1.63. The van der Waals surface area contributed by atoms with E-state index >= 15 is 0 Å². The van der Waals surface area contributed by atoms with Gasteiger partial charge >= 0.3 is 0 Å².